The topological polar surface area (TPSA) is 27.8 Å². The van der Waals surface area contributed by atoms with E-state index >= 15 is 0 Å². The second-order valence-electron chi connectivity index (χ2n) is 7.36. The highest BCUT2D eigenvalue weighted by atomic mass is 35.5. The molecule has 0 bridgehead atoms. The molecule has 1 unspecified atom stereocenters. The molecule has 3 aromatic rings. The number of rotatable bonds is 4. The standard InChI is InChI=1S/C22H24ClFN2/c1-13(2)14-3-5-15(6-4-14)21-22-17(10-12-25-21)20-16(9-11-24)18(23)7-8-19(20)26-22/h3-8,13,21,25-26H,9-12H2,1-2H3. The number of hydrogen-bond acceptors (Lipinski definition) is 1. The normalized spacial score (nSPS) is 17.0. The zero-order chi connectivity index (χ0) is 18.3. The first-order valence-electron chi connectivity index (χ1n) is 9.31. The Kier molecular flexibility index (Phi) is 4.76. The van der Waals surface area contributed by atoms with E-state index in [-0.39, 0.29) is 6.04 Å². The number of aromatic amines is 1. The molecule has 2 heterocycles. The smallest absolute Gasteiger partial charge is 0.0935 e. The van der Waals surface area contributed by atoms with Crippen molar-refractivity contribution in [1.29, 1.82) is 0 Å². The highest BCUT2D eigenvalue weighted by Gasteiger charge is 2.26. The highest BCUT2D eigenvalue weighted by Crippen LogP contribution is 2.37. The van der Waals surface area contributed by atoms with Crippen LogP contribution in [-0.4, -0.2) is 18.2 Å². The third-order valence-corrected chi connectivity index (χ3v) is 5.80. The van der Waals surface area contributed by atoms with Gasteiger partial charge in [0.05, 0.1) is 12.7 Å². The van der Waals surface area contributed by atoms with Crippen molar-refractivity contribution in [3.8, 4) is 0 Å². The van der Waals surface area contributed by atoms with Gasteiger partial charge < -0.3 is 10.3 Å². The van der Waals surface area contributed by atoms with Gasteiger partial charge in [0.1, 0.15) is 0 Å². The molecule has 0 fully saturated rings. The number of H-pyrrole nitrogens is 1. The van der Waals surface area contributed by atoms with Gasteiger partial charge in [-0.25, -0.2) is 0 Å². The molecule has 0 spiro atoms. The van der Waals surface area contributed by atoms with E-state index in [1.54, 1.807) is 0 Å². The van der Waals surface area contributed by atoms with Crippen LogP contribution in [0.5, 0.6) is 0 Å². The van der Waals surface area contributed by atoms with E-state index in [1.165, 1.54) is 22.4 Å². The maximum absolute atomic E-state index is 13.1. The van der Waals surface area contributed by atoms with Crippen LogP contribution in [0.25, 0.3) is 10.9 Å². The lowest BCUT2D eigenvalue weighted by Crippen LogP contribution is -2.30. The van der Waals surface area contributed by atoms with Crippen LogP contribution in [0.3, 0.4) is 0 Å². The molecule has 0 saturated carbocycles. The van der Waals surface area contributed by atoms with Crippen LogP contribution in [0.1, 0.15) is 53.8 Å². The highest BCUT2D eigenvalue weighted by molar-refractivity contribution is 6.32. The molecule has 0 radical (unpaired) electrons. The van der Waals surface area contributed by atoms with Crippen molar-refractivity contribution >= 4 is 22.5 Å². The average molecular weight is 371 g/mol. The fourth-order valence-corrected chi connectivity index (χ4v) is 4.32. The second-order valence-corrected chi connectivity index (χ2v) is 7.77. The molecule has 0 aliphatic carbocycles. The van der Waals surface area contributed by atoms with Crippen molar-refractivity contribution in [2.75, 3.05) is 13.2 Å². The van der Waals surface area contributed by atoms with Gasteiger partial charge in [-0.3, -0.25) is 4.39 Å². The SMILES string of the molecule is CC(C)c1ccc(C2NCCc3c2[nH]c2ccc(Cl)c(CCF)c32)cc1. The summed E-state index contributed by atoms with van der Waals surface area (Å²) in [5, 5.41) is 5.41. The number of benzene rings is 2. The van der Waals surface area contributed by atoms with Gasteiger partial charge in [0.2, 0.25) is 0 Å². The van der Waals surface area contributed by atoms with Crippen molar-refractivity contribution in [2.24, 2.45) is 0 Å². The van der Waals surface area contributed by atoms with Crippen LogP contribution in [0.4, 0.5) is 4.39 Å². The van der Waals surface area contributed by atoms with Crippen molar-refractivity contribution in [3.63, 3.8) is 0 Å². The van der Waals surface area contributed by atoms with Crippen molar-refractivity contribution in [3.05, 3.63) is 69.4 Å². The van der Waals surface area contributed by atoms with E-state index in [0.29, 0.717) is 17.4 Å². The van der Waals surface area contributed by atoms with Crippen LogP contribution in [0.2, 0.25) is 5.02 Å². The lowest BCUT2D eigenvalue weighted by atomic mass is 9.91. The molecule has 0 amide bonds. The Morgan fingerprint density at radius 3 is 2.62 bits per heavy atom. The number of nitrogens with one attached hydrogen (secondary N) is 2. The largest absolute Gasteiger partial charge is 0.357 e. The van der Waals surface area contributed by atoms with E-state index in [0.717, 1.165) is 29.4 Å². The van der Waals surface area contributed by atoms with Crippen molar-refractivity contribution in [2.45, 2.75) is 38.6 Å². The van der Waals surface area contributed by atoms with Gasteiger partial charge in [0, 0.05) is 34.6 Å². The number of aryl methyl sites for hydroxylation is 1. The molecule has 1 aromatic heterocycles. The van der Waals surface area contributed by atoms with Gasteiger partial charge in [-0.15, -0.1) is 0 Å². The number of halogens is 2. The monoisotopic (exact) mass is 370 g/mol. The molecular weight excluding hydrogens is 347 g/mol. The number of fused-ring (bicyclic) bond motifs is 3. The van der Waals surface area contributed by atoms with Gasteiger partial charge in [-0.1, -0.05) is 49.7 Å². The summed E-state index contributed by atoms with van der Waals surface area (Å²) in [5.41, 5.74) is 7.04. The molecule has 4 heteroatoms. The van der Waals surface area contributed by atoms with Gasteiger partial charge >= 0.3 is 0 Å². The summed E-state index contributed by atoms with van der Waals surface area (Å²) < 4.78 is 13.1. The minimum Gasteiger partial charge on any atom is -0.357 e. The minimum atomic E-state index is -0.392. The first-order chi connectivity index (χ1) is 12.6. The molecule has 1 aliphatic rings. The van der Waals surface area contributed by atoms with Crippen LogP contribution < -0.4 is 5.32 Å². The molecule has 26 heavy (non-hydrogen) atoms. The predicted molar refractivity (Wildman–Crippen MR) is 107 cm³/mol. The molecule has 2 N–H and O–H groups in total. The van der Waals surface area contributed by atoms with E-state index < -0.39 is 6.67 Å². The predicted octanol–water partition coefficient (Wildman–Crippen LogP) is 5.69. The Balaban J connectivity index is 1.82. The Morgan fingerprint density at radius 2 is 1.92 bits per heavy atom. The van der Waals surface area contributed by atoms with Gasteiger partial charge in [-0.05, 0) is 46.7 Å². The first kappa shape index (κ1) is 17.6. The summed E-state index contributed by atoms with van der Waals surface area (Å²) in [5.74, 6) is 0.525. The molecular formula is C22H24ClFN2. The Bertz CT molecular complexity index is 927. The van der Waals surface area contributed by atoms with Crippen molar-refractivity contribution < 1.29 is 4.39 Å². The summed E-state index contributed by atoms with van der Waals surface area (Å²) in [4.78, 5) is 3.58. The Morgan fingerprint density at radius 1 is 1.15 bits per heavy atom. The third kappa shape index (κ3) is 2.93. The Labute approximate surface area is 158 Å². The summed E-state index contributed by atoms with van der Waals surface area (Å²) >= 11 is 6.39. The van der Waals surface area contributed by atoms with Gasteiger partial charge in [-0.2, -0.15) is 0 Å². The molecule has 2 aromatic carbocycles. The van der Waals surface area contributed by atoms with Crippen LogP contribution in [0.15, 0.2) is 36.4 Å². The van der Waals surface area contributed by atoms with Gasteiger partial charge in [0.25, 0.3) is 0 Å². The molecule has 0 saturated heterocycles. The van der Waals surface area contributed by atoms with E-state index in [9.17, 15) is 4.39 Å². The Hall–Kier alpha value is -1.84. The van der Waals surface area contributed by atoms with Gasteiger partial charge in [0.15, 0.2) is 0 Å². The molecule has 1 aliphatic heterocycles. The molecule has 136 valence electrons. The quantitative estimate of drug-likeness (QED) is 0.606. The lowest BCUT2D eigenvalue weighted by Gasteiger charge is -2.25. The third-order valence-electron chi connectivity index (χ3n) is 5.45. The molecule has 2 nitrogen and oxygen atoms in total. The van der Waals surface area contributed by atoms with E-state index in [4.69, 9.17) is 11.6 Å². The zero-order valence-electron chi connectivity index (χ0n) is 15.2. The molecule has 4 rings (SSSR count). The number of aromatic nitrogens is 1. The fourth-order valence-electron chi connectivity index (χ4n) is 4.07. The van der Waals surface area contributed by atoms with Crippen LogP contribution in [-0.2, 0) is 12.8 Å². The first-order valence-corrected chi connectivity index (χ1v) is 9.69. The summed E-state index contributed by atoms with van der Waals surface area (Å²) in [7, 11) is 0. The molecule has 1 atom stereocenters. The summed E-state index contributed by atoms with van der Waals surface area (Å²) in [6, 6.07) is 12.9. The van der Waals surface area contributed by atoms with E-state index in [2.05, 4.69) is 48.4 Å². The maximum Gasteiger partial charge on any atom is 0.0935 e. The van der Waals surface area contributed by atoms with Crippen molar-refractivity contribution in [1.82, 2.24) is 10.3 Å². The number of alkyl halides is 1. The minimum absolute atomic E-state index is 0.129. The van der Waals surface area contributed by atoms with E-state index in [1.807, 2.05) is 12.1 Å². The van der Waals surface area contributed by atoms with Crippen LogP contribution in [0, 0.1) is 0 Å². The maximum atomic E-state index is 13.1. The number of hydrogen-bond donors (Lipinski definition) is 2. The average Bonchev–Trinajstić information content (AvgIpc) is 3.03. The fraction of sp³-hybridized carbons (Fsp3) is 0.364. The van der Waals surface area contributed by atoms with Crippen LogP contribution >= 0.6 is 11.6 Å². The summed E-state index contributed by atoms with van der Waals surface area (Å²) in [6.45, 7) is 4.93. The second kappa shape index (κ2) is 7.05. The zero-order valence-corrected chi connectivity index (χ0v) is 16.0. The summed E-state index contributed by atoms with van der Waals surface area (Å²) in [6.07, 6.45) is 1.29. The lowest BCUT2D eigenvalue weighted by molar-refractivity contribution is 0.496.